The van der Waals surface area contributed by atoms with Gasteiger partial charge in [-0.05, 0) is 12.1 Å². The van der Waals surface area contributed by atoms with Gasteiger partial charge >= 0.3 is 0 Å². The summed E-state index contributed by atoms with van der Waals surface area (Å²) in [5, 5.41) is 10.5. The number of hydrogen-bond acceptors (Lipinski definition) is 3. The number of rotatable bonds is 2. The van der Waals surface area contributed by atoms with Gasteiger partial charge < -0.3 is 14.6 Å². The molecule has 1 heterocycles. The third kappa shape index (κ3) is 2.55. The molecular formula is C10H10Cl2O3. The van der Waals surface area contributed by atoms with E-state index in [0.29, 0.717) is 29.0 Å². The van der Waals surface area contributed by atoms with E-state index < -0.39 is 6.10 Å². The van der Waals surface area contributed by atoms with Crippen LogP contribution in [0, 0.1) is 0 Å². The lowest BCUT2D eigenvalue weighted by Crippen LogP contribution is -2.29. The summed E-state index contributed by atoms with van der Waals surface area (Å²) in [6.07, 6.45) is -0.985. The highest BCUT2D eigenvalue weighted by atomic mass is 35.5. The van der Waals surface area contributed by atoms with Crippen molar-refractivity contribution in [3.63, 3.8) is 0 Å². The first-order valence-electron chi connectivity index (χ1n) is 4.54. The molecule has 2 atom stereocenters. The van der Waals surface area contributed by atoms with Crippen LogP contribution in [0.15, 0.2) is 18.2 Å². The van der Waals surface area contributed by atoms with E-state index in [1.165, 1.54) is 0 Å². The molecule has 1 fully saturated rings. The molecule has 0 bridgehead atoms. The maximum absolute atomic E-state index is 9.48. The van der Waals surface area contributed by atoms with Gasteiger partial charge in [0.05, 0.1) is 18.2 Å². The van der Waals surface area contributed by atoms with Crippen LogP contribution in [0.25, 0.3) is 0 Å². The quantitative estimate of drug-likeness (QED) is 0.872. The molecular weight excluding hydrogens is 239 g/mol. The fraction of sp³-hybridized carbons (Fsp3) is 0.400. The summed E-state index contributed by atoms with van der Waals surface area (Å²) in [4.78, 5) is 0. The number of halogens is 2. The second-order valence-corrected chi connectivity index (χ2v) is 4.18. The van der Waals surface area contributed by atoms with Gasteiger partial charge in [0, 0.05) is 11.1 Å². The van der Waals surface area contributed by atoms with Crippen molar-refractivity contribution in [3.8, 4) is 5.75 Å². The topological polar surface area (TPSA) is 38.7 Å². The molecule has 0 amide bonds. The first kappa shape index (κ1) is 11.0. The zero-order valence-electron chi connectivity index (χ0n) is 7.82. The summed E-state index contributed by atoms with van der Waals surface area (Å²) in [5.41, 5.74) is 0. The van der Waals surface area contributed by atoms with E-state index in [1.54, 1.807) is 18.2 Å². The van der Waals surface area contributed by atoms with E-state index in [2.05, 4.69) is 0 Å². The number of hydrogen-bond donors (Lipinski definition) is 1. The Bertz CT molecular complexity index is 357. The molecule has 0 radical (unpaired) electrons. The van der Waals surface area contributed by atoms with Crippen LogP contribution in [0.3, 0.4) is 0 Å². The summed E-state index contributed by atoms with van der Waals surface area (Å²) in [5.74, 6) is 0.471. The van der Waals surface area contributed by atoms with Crippen molar-refractivity contribution >= 4 is 23.2 Å². The first-order valence-corrected chi connectivity index (χ1v) is 5.30. The van der Waals surface area contributed by atoms with Gasteiger partial charge in [-0.3, -0.25) is 0 Å². The number of aliphatic hydroxyl groups is 1. The smallest absolute Gasteiger partial charge is 0.150 e. The van der Waals surface area contributed by atoms with Crippen LogP contribution < -0.4 is 4.74 Å². The van der Waals surface area contributed by atoms with Gasteiger partial charge in [0.1, 0.15) is 18.0 Å². The minimum Gasteiger partial charge on any atom is -0.484 e. The highest BCUT2D eigenvalue weighted by Gasteiger charge is 2.28. The average molecular weight is 249 g/mol. The molecule has 0 spiro atoms. The van der Waals surface area contributed by atoms with Gasteiger partial charge in [-0.25, -0.2) is 0 Å². The number of ether oxygens (including phenoxy) is 2. The molecule has 1 aliphatic rings. The van der Waals surface area contributed by atoms with Crippen LogP contribution in [0.1, 0.15) is 0 Å². The van der Waals surface area contributed by atoms with E-state index in [0.717, 1.165) is 0 Å². The van der Waals surface area contributed by atoms with Crippen LogP contribution in [0.5, 0.6) is 5.75 Å². The first-order chi connectivity index (χ1) is 7.16. The number of benzene rings is 1. The van der Waals surface area contributed by atoms with Crippen molar-refractivity contribution in [1.29, 1.82) is 0 Å². The Balaban J connectivity index is 2.12. The van der Waals surface area contributed by atoms with Crippen molar-refractivity contribution in [2.45, 2.75) is 12.2 Å². The van der Waals surface area contributed by atoms with Crippen LogP contribution in [0.4, 0.5) is 0 Å². The third-order valence-electron chi connectivity index (χ3n) is 2.17. The molecule has 0 aliphatic carbocycles. The Kier molecular flexibility index (Phi) is 3.36. The lowest BCUT2D eigenvalue weighted by atomic mass is 10.2. The Hall–Kier alpha value is -0.480. The van der Waals surface area contributed by atoms with Gasteiger partial charge in [-0.15, -0.1) is 0 Å². The fourth-order valence-corrected chi connectivity index (χ4v) is 1.69. The van der Waals surface area contributed by atoms with Crippen LogP contribution in [-0.2, 0) is 4.74 Å². The van der Waals surface area contributed by atoms with Crippen molar-refractivity contribution in [2.24, 2.45) is 0 Å². The fourth-order valence-electron chi connectivity index (χ4n) is 1.37. The summed E-state index contributed by atoms with van der Waals surface area (Å²) >= 11 is 11.7. The summed E-state index contributed by atoms with van der Waals surface area (Å²) < 4.78 is 10.6. The van der Waals surface area contributed by atoms with E-state index >= 15 is 0 Å². The van der Waals surface area contributed by atoms with Crippen molar-refractivity contribution in [2.75, 3.05) is 13.2 Å². The van der Waals surface area contributed by atoms with Gasteiger partial charge in [0.2, 0.25) is 0 Å². The molecule has 1 aliphatic heterocycles. The number of aliphatic hydroxyl groups excluding tert-OH is 1. The molecule has 2 rings (SSSR count). The highest BCUT2D eigenvalue weighted by molar-refractivity contribution is 6.34. The zero-order valence-corrected chi connectivity index (χ0v) is 9.33. The highest BCUT2D eigenvalue weighted by Crippen LogP contribution is 2.29. The standard InChI is InChI=1S/C10H10Cl2O3/c11-6-1-2-7(12)9(3-6)15-10-5-14-4-8(10)13/h1-3,8,10,13H,4-5H2/t8-,10-/m1/s1. The predicted molar refractivity (Wildman–Crippen MR) is 57.7 cm³/mol. The Morgan fingerprint density at radius 1 is 1.33 bits per heavy atom. The lowest BCUT2D eigenvalue weighted by Gasteiger charge is -2.16. The maximum atomic E-state index is 9.48. The van der Waals surface area contributed by atoms with Gasteiger partial charge in [0.25, 0.3) is 0 Å². The SMILES string of the molecule is O[C@@H]1COC[C@H]1Oc1cc(Cl)ccc1Cl. The lowest BCUT2D eigenvalue weighted by molar-refractivity contribution is 0.0734. The molecule has 1 aromatic carbocycles. The van der Waals surface area contributed by atoms with Gasteiger partial charge in [-0.2, -0.15) is 0 Å². The largest absolute Gasteiger partial charge is 0.484 e. The molecule has 5 heteroatoms. The summed E-state index contributed by atoms with van der Waals surface area (Å²) in [6.45, 7) is 0.660. The molecule has 0 unspecified atom stereocenters. The van der Waals surface area contributed by atoms with E-state index in [4.69, 9.17) is 32.7 Å². The van der Waals surface area contributed by atoms with Crippen LogP contribution in [0.2, 0.25) is 10.0 Å². The molecule has 1 N–H and O–H groups in total. The zero-order chi connectivity index (χ0) is 10.8. The normalized spacial score (nSPS) is 25.5. The second-order valence-electron chi connectivity index (χ2n) is 3.34. The van der Waals surface area contributed by atoms with Gasteiger partial charge in [-0.1, -0.05) is 23.2 Å². The average Bonchev–Trinajstić information content (AvgIpc) is 2.58. The minimum absolute atomic E-state index is 0.294. The van der Waals surface area contributed by atoms with E-state index in [9.17, 15) is 5.11 Å². The maximum Gasteiger partial charge on any atom is 0.150 e. The molecule has 0 aromatic heterocycles. The van der Waals surface area contributed by atoms with E-state index in [-0.39, 0.29) is 6.10 Å². The minimum atomic E-state index is -0.611. The van der Waals surface area contributed by atoms with Crippen molar-refractivity contribution < 1.29 is 14.6 Å². The summed E-state index contributed by atoms with van der Waals surface area (Å²) in [6, 6.07) is 4.95. The molecule has 3 nitrogen and oxygen atoms in total. The Labute approximate surface area is 97.5 Å². The third-order valence-corrected chi connectivity index (χ3v) is 2.72. The van der Waals surface area contributed by atoms with Crippen molar-refractivity contribution in [1.82, 2.24) is 0 Å². The second kappa shape index (κ2) is 4.58. The van der Waals surface area contributed by atoms with Gasteiger partial charge in [0.15, 0.2) is 0 Å². The molecule has 1 saturated heterocycles. The predicted octanol–water partition coefficient (Wildman–Crippen LogP) is 2.13. The molecule has 0 saturated carbocycles. The summed E-state index contributed by atoms with van der Waals surface area (Å²) in [7, 11) is 0. The molecule has 82 valence electrons. The molecule has 15 heavy (non-hydrogen) atoms. The molecule has 1 aromatic rings. The van der Waals surface area contributed by atoms with Crippen LogP contribution in [-0.4, -0.2) is 30.5 Å². The van der Waals surface area contributed by atoms with Crippen LogP contribution >= 0.6 is 23.2 Å². The Morgan fingerprint density at radius 3 is 2.80 bits per heavy atom. The van der Waals surface area contributed by atoms with E-state index in [1.807, 2.05) is 0 Å². The van der Waals surface area contributed by atoms with Crippen molar-refractivity contribution in [3.05, 3.63) is 28.2 Å². The Morgan fingerprint density at radius 2 is 2.13 bits per heavy atom. The monoisotopic (exact) mass is 248 g/mol.